The average Bonchev–Trinajstić information content (AvgIpc) is 2.65. The minimum Gasteiger partial charge on any atom is -0.376 e. The van der Waals surface area contributed by atoms with Crippen molar-refractivity contribution >= 4 is 46.4 Å². The Morgan fingerprint density at radius 3 is 2.00 bits per heavy atom. The predicted molar refractivity (Wildman–Crippen MR) is 117 cm³/mol. The van der Waals surface area contributed by atoms with E-state index in [1.807, 2.05) is 4.90 Å². The molecule has 0 saturated carbocycles. The number of amides is 2. The van der Waals surface area contributed by atoms with Gasteiger partial charge in [0.25, 0.3) is 5.91 Å². The number of rotatable bonds is 9. The monoisotopic (exact) mass is 421 g/mol. The maximum atomic E-state index is 12.6. The fourth-order valence-corrected chi connectivity index (χ4v) is 3.30. The first kappa shape index (κ1) is 22.1. The summed E-state index contributed by atoms with van der Waals surface area (Å²) in [6, 6.07) is 12.0. The van der Waals surface area contributed by atoms with E-state index in [0.29, 0.717) is 27.0 Å². The lowest BCUT2D eigenvalue weighted by Gasteiger charge is -2.21. The summed E-state index contributed by atoms with van der Waals surface area (Å²) in [7, 11) is 0. The third kappa shape index (κ3) is 6.73. The number of anilines is 2. The molecule has 0 unspecified atom stereocenters. The standard InChI is InChI=1S/C21H25Cl2N3O2/c1-3-9-26(10-4-2)21(28)15-5-7-18(8-6-15)25-20(27)14-24-19-12-16(22)11-17(23)13-19/h5-8,11-13,24H,3-4,9-10,14H2,1-2H3,(H,25,27). The van der Waals surface area contributed by atoms with E-state index in [1.165, 1.54) is 0 Å². The fourth-order valence-electron chi connectivity index (χ4n) is 2.78. The molecular weight excluding hydrogens is 397 g/mol. The minimum absolute atomic E-state index is 0.0149. The third-order valence-corrected chi connectivity index (χ3v) is 4.44. The van der Waals surface area contributed by atoms with E-state index in [2.05, 4.69) is 24.5 Å². The summed E-state index contributed by atoms with van der Waals surface area (Å²) in [5, 5.41) is 6.76. The molecule has 2 aromatic rings. The van der Waals surface area contributed by atoms with Crippen molar-refractivity contribution in [2.45, 2.75) is 26.7 Å². The summed E-state index contributed by atoms with van der Waals surface area (Å²) in [6.45, 7) is 5.66. The Morgan fingerprint density at radius 1 is 0.893 bits per heavy atom. The number of hydrogen-bond acceptors (Lipinski definition) is 3. The van der Waals surface area contributed by atoms with Gasteiger partial charge in [-0.05, 0) is 55.3 Å². The van der Waals surface area contributed by atoms with Crippen LogP contribution in [0.15, 0.2) is 42.5 Å². The molecule has 150 valence electrons. The highest BCUT2D eigenvalue weighted by atomic mass is 35.5. The molecule has 2 N–H and O–H groups in total. The molecule has 0 aromatic heterocycles. The Hall–Kier alpha value is -2.24. The quantitative estimate of drug-likeness (QED) is 0.576. The number of hydrogen-bond donors (Lipinski definition) is 2. The van der Waals surface area contributed by atoms with Crippen molar-refractivity contribution in [3.63, 3.8) is 0 Å². The molecule has 0 radical (unpaired) electrons. The molecule has 2 rings (SSSR count). The van der Waals surface area contributed by atoms with E-state index in [1.54, 1.807) is 42.5 Å². The Morgan fingerprint density at radius 2 is 1.46 bits per heavy atom. The maximum absolute atomic E-state index is 12.6. The first-order valence-corrected chi connectivity index (χ1v) is 10.1. The normalized spacial score (nSPS) is 10.4. The highest BCUT2D eigenvalue weighted by Gasteiger charge is 2.14. The number of halogens is 2. The van der Waals surface area contributed by atoms with Crippen LogP contribution in [-0.2, 0) is 4.79 Å². The molecule has 7 heteroatoms. The summed E-state index contributed by atoms with van der Waals surface area (Å²) < 4.78 is 0. The molecule has 2 aromatic carbocycles. The first-order chi connectivity index (χ1) is 13.4. The number of nitrogens with one attached hydrogen (secondary N) is 2. The van der Waals surface area contributed by atoms with Gasteiger partial charge < -0.3 is 15.5 Å². The average molecular weight is 422 g/mol. The highest BCUT2D eigenvalue weighted by Crippen LogP contribution is 2.22. The highest BCUT2D eigenvalue weighted by molar-refractivity contribution is 6.35. The van der Waals surface area contributed by atoms with Crippen molar-refractivity contribution < 1.29 is 9.59 Å². The van der Waals surface area contributed by atoms with E-state index in [0.717, 1.165) is 25.9 Å². The molecule has 0 saturated heterocycles. The second-order valence-electron chi connectivity index (χ2n) is 6.43. The molecular formula is C21H25Cl2N3O2. The third-order valence-electron chi connectivity index (χ3n) is 4.01. The summed E-state index contributed by atoms with van der Waals surface area (Å²) in [6.07, 6.45) is 1.84. The van der Waals surface area contributed by atoms with Gasteiger partial charge in [0, 0.05) is 40.1 Å². The predicted octanol–water partition coefficient (Wildman–Crippen LogP) is 5.31. The molecule has 0 aliphatic carbocycles. The number of nitrogens with zero attached hydrogens (tertiary/aromatic N) is 1. The Balaban J connectivity index is 1.92. The van der Waals surface area contributed by atoms with E-state index in [4.69, 9.17) is 23.2 Å². The van der Waals surface area contributed by atoms with E-state index < -0.39 is 0 Å². The second-order valence-corrected chi connectivity index (χ2v) is 7.30. The van der Waals surface area contributed by atoms with Gasteiger partial charge in [-0.15, -0.1) is 0 Å². The van der Waals surface area contributed by atoms with Gasteiger partial charge >= 0.3 is 0 Å². The molecule has 0 spiro atoms. The second kappa shape index (κ2) is 10.9. The fraction of sp³-hybridized carbons (Fsp3) is 0.333. The summed E-state index contributed by atoms with van der Waals surface area (Å²) >= 11 is 11.9. The van der Waals surface area contributed by atoms with Gasteiger partial charge in [-0.3, -0.25) is 9.59 Å². The van der Waals surface area contributed by atoms with Crippen molar-refractivity contribution in [2.75, 3.05) is 30.3 Å². The zero-order valence-corrected chi connectivity index (χ0v) is 17.6. The van der Waals surface area contributed by atoms with Crippen molar-refractivity contribution in [1.29, 1.82) is 0 Å². The Bertz CT molecular complexity index is 784. The Labute approximate surface area is 176 Å². The molecule has 0 heterocycles. The number of benzene rings is 2. The SMILES string of the molecule is CCCN(CCC)C(=O)c1ccc(NC(=O)CNc2cc(Cl)cc(Cl)c2)cc1. The largest absolute Gasteiger partial charge is 0.376 e. The maximum Gasteiger partial charge on any atom is 0.253 e. The van der Waals surface area contributed by atoms with Crippen molar-refractivity contribution in [1.82, 2.24) is 4.90 Å². The summed E-state index contributed by atoms with van der Waals surface area (Å²) in [5.74, 6) is -0.199. The molecule has 2 amide bonds. The lowest BCUT2D eigenvalue weighted by Crippen LogP contribution is -2.32. The van der Waals surface area contributed by atoms with Gasteiger partial charge in [-0.25, -0.2) is 0 Å². The van der Waals surface area contributed by atoms with Crippen LogP contribution in [0.5, 0.6) is 0 Å². The van der Waals surface area contributed by atoms with Crippen molar-refractivity contribution in [3.8, 4) is 0 Å². The van der Waals surface area contributed by atoms with Gasteiger partial charge in [0.05, 0.1) is 6.54 Å². The van der Waals surface area contributed by atoms with Crippen LogP contribution in [0.2, 0.25) is 10.0 Å². The van der Waals surface area contributed by atoms with Crippen LogP contribution in [0.3, 0.4) is 0 Å². The Kier molecular flexibility index (Phi) is 8.61. The van der Waals surface area contributed by atoms with Crippen LogP contribution in [0, 0.1) is 0 Å². The molecule has 0 bridgehead atoms. The van der Waals surface area contributed by atoms with Gasteiger partial charge in [0.1, 0.15) is 0 Å². The molecule has 0 fully saturated rings. The lowest BCUT2D eigenvalue weighted by atomic mass is 10.1. The van der Waals surface area contributed by atoms with E-state index in [9.17, 15) is 9.59 Å². The number of carbonyl (C=O) groups is 2. The molecule has 5 nitrogen and oxygen atoms in total. The van der Waals surface area contributed by atoms with Crippen LogP contribution in [-0.4, -0.2) is 36.3 Å². The van der Waals surface area contributed by atoms with Crippen LogP contribution in [0.4, 0.5) is 11.4 Å². The minimum atomic E-state index is -0.214. The summed E-state index contributed by atoms with van der Waals surface area (Å²) in [5.41, 5.74) is 1.91. The van der Waals surface area contributed by atoms with Crippen LogP contribution in [0.1, 0.15) is 37.0 Å². The van der Waals surface area contributed by atoms with Crippen molar-refractivity contribution in [2.24, 2.45) is 0 Å². The van der Waals surface area contributed by atoms with Gasteiger partial charge in [0.2, 0.25) is 5.91 Å². The van der Waals surface area contributed by atoms with Gasteiger partial charge in [0.15, 0.2) is 0 Å². The molecule has 0 atom stereocenters. The number of carbonyl (C=O) groups excluding carboxylic acids is 2. The zero-order valence-electron chi connectivity index (χ0n) is 16.1. The van der Waals surface area contributed by atoms with E-state index >= 15 is 0 Å². The molecule has 0 aliphatic rings. The van der Waals surface area contributed by atoms with Gasteiger partial charge in [-0.2, -0.15) is 0 Å². The van der Waals surface area contributed by atoms with Gasteiger partial charge in [-0.1, -0.05) is 37.0 Å². The topological polar surface area (TPSA) is 61.4 Å². The lowest BCUT2D eigenvalue weighted by molar-refractivity contribution is -0.114. The van der Waals surface area contributed by atoms with Crippen LogP contribution in [0.25, 0.3) is 0 Å². The molecule has 28 heavy (non-hydrogen) atoms. The van der Waals surface area contributed by atoms with E-state index in [-0.39, 0.29) is 18.4 Å². The zero-order chi connectivity index (χ0) is 20.5. The first-order valence-electron chi connectivity index (χ1n) is 9.32. The molecule has 0 aliphatic heterocycles. The summed E-state index contributed by atoms with van der Waals surface area (Å²) in [4.78, 5) is 26.6. The smallest absolute Gasteiger partial charge is 0.253 e. The van der Waals surface area contributed by atoms with Crippen LogP contribution < -0.4 is 10.6 Å². The van der Waals surface area contributed by atoms with Crippen LogP contribution >= 0.6 is 23.2 Å². The van der Waals surface area contributed by atoms with Crippen molar-refractivity contribution in [3.05, 3.63) is 58.1 Å².